The molecule has 0 aliphatic carbocycles. The third-order valence-corrected chi connectivity index (χ3v) is 3.35. The van der Waals surface area contributed by atoms with Crippen LogP contribution in [0.25, 0.3) is 0 Å². The number of rotatable bonds is 2. The van der Waals surface area contributed by atoms with Gasteiger partial charge in [-0.15, -0.1) is 0 Å². The van der Waals surface area contributed by atoms with Gasteiger partial charge < -0.3 is 4.90 Å². The van der Waals surface area contributed by atoms with E-state index in [0.29, 0.717) is 6.04 Å². The Morgan fingerprint density at radius 2 is 1.88 bits per heavy atom. The smallest absolute Gasteiger partial charge is 0.147 e. The van der Waals surface area contributed by atoms with Crippen molar-refractivity contribution in [1.29, 1.82) is 0 Å². The van der Waals surface area contributed by atoms with Gasteiger partial charge in [0.15, 0.2) is 0 Å². The summed E-state index contributed by atoms with van der Waals surface area (Å²) < 4.78 is 0. The molecule has 1 aliphatic heterocycles. The van der Waals surface area contributed by atoms with Crippen molar-refractivity contribution in [3.8, 4) is 0 Å². The van der Waals surface area contributed by atoms with Crippen molar-refractivity contribution >= 4 is 5.82 Å². The van der Waals surface area contributed by atoms with Crippen molar-refractivity contribution in [1.82, 2.24) is 14.9 Å². The maximum atomic E-state index is 4.46. The molecule has 4 heteroatoms. The molecule has 2 rings (SSSR count). The number of hydrogen-bond donors (Lipinski definition) is 0. The number of nitrogens with zero attached hydrogens (tertiary/aromatic N) is 4. The van der Waals surface area contributed by atoms with E-state index in [9.17, 15) is 0 Å². The number of anilines is 1. The second-order valence-corrected chi connectivity index (χ2v) is 4.99. The fourth-order valence-corrected chi connectivity index (χ4v) is 2.23. The zero-order valence-electron chi connectivity index (χ0n) is 11.1. The maximum absolute atomic E-state index is 4.46. The van der Waals surface area contributed by atoms with E-state index in [1.165, 1.54) is 13.0 Å². The average molecular weight is 234 g/mol. The molecule has 1 aliphatic rings. The van der Waals surface area contributed by atoms with Crippen molar-refractivity contribution in [2.45, 2.75) is 33.2 Å². The molecule has 0 saturated carbocycles. The Morgan fingerprint density at radius 1 is 1.06 bits per heavy atom. The predicted octanol–water partition coefficient (Wildman–Crippen LogP) is 1.71. The van der Waals surface area contributed by atoms with Gasteiger partial charge in [0.2, 0.25) is 0 Å². The zero-order chi connectivity index (χ0) is 12.3. The van der Waals surface area contributed by atoms with Crippen LogP contribution in [0.4, 0.5) is 5.82 Å². The van der Waals surface area contributed by atoms with Gasteiger partial charge in [0, 0.05) is 32.2 Å². The van der Waals surface area contributed by atoms with E-state index in [2.05, 4.69) is 33.6 Å². The van der Waals surface area contributed by atoms with Crippen LogP contribution in [-0.4, -0.2) is 47.1 Å². The fraction of sp³-hybridized carbons (Fsp3) is 0.692. The van der Waals surface area contributed by atoms with Crippen molar-refractivity contribution in [3.05, 3.63) is 18.1 Å². The maximum Gasteiger partial charge on any atom is 0.147 e. The Bertz CT molecular complexity index is 347. The molecule has 0 amide bonds. The molecule has 1 aromatic heterocycles. The van der Waals surface area contributed by atoms with Crippen LogP contribution in [-0.2, 0) is 0 Å². The molecule has 2 heterocycles. The van der Waals surface area contributed by atoms with Crippen molar-refractivity contribution < 1.29 is 0 Å². The lowest BCUT2D eigenvalue weighted by atomic mass is 10.3. The van der Waals surface area contributed by atoms with E-state index < -0.39 is 0 Å². The summed E-state index contributed by atoms with van der Waals surface area (Å²) in [6.07, 6.45) is 4.94. The van der Waals surface area contributed by atoms with Crippen molar-refractivity contribution in [2.75, 3.05) is 31.1 Å². The molecule has 1 aromatic rings. The van der Waals surface area contributed by atoms with Gasteiger partial charge in [-0.2, -0.15) is 0 Å². The van der Waals surface area contributed by atoms with E-state index in [4.69, 9.17) is 0 Å². The van der Waals surface area contributed by atoms with E-state index >= 15 is 0 Å². The molecule has 1 fully saturated rings. The molecular weight excluding hydrogens is 212 g/mol. The summed E-state index contributed by atoms with van der Waals surface area (Å²) in [6.45, 7) is 10.9. The van der Waals surface area contributed by atoms with Gasteiger partial charge in [0.05, 0.1) is 18.1 Å². The largest absolute Gasteiger partial charge is 0.354 e. The number of hydrogen-bond acceptors (Lipinski definition) is 4. The van der Waals surface area contributed by atoms with Crippen molar-refractivity contribution in [2.24, 2.45) is 0 Å². The van der Waals surface area contributed by atoms with Gasteiger partial charge in [0.1, 0.15) is 5.82 Å². The molecule has 0 atom stereocenters. The molecule has 0 unspecified atom stereocenters. The first-order valence-corrected chi connectivity index (χ1v) is 6.44. The van der Waals surface area contributed by atoms with Gasteiger partial charge in [-0.1, -0.05) is 0 Å². The van der Waals surface area contributed by atoms with Crippen LogP contribution >= 0.6 is 0 Å². The second kappa shape index (κ2) is 5.45. The Hall–Kier alpha value is -1.16. The van der Waals surface area contributed by atoms with Crippen LogP contribution in [0.2, 0.25) is 0 Å². The van der Waals surface area contributed by atoms with E-state index in [-0.39, 0.29) is 0 Å². The standard InChI is InChI=1S/C13H22N4/c1-11(2)16-5-4-6-17(8-7-16)13-10-14-12(3)9-15-13/h9-11H,4-8H2,1-3H3. The van der Waals surface area contributed by atoms with Gasteiger partial charge >= 0.3 is 0 Å². The monoisotopic (exact) mass is 234 g/mol. The number of aromatic nitrogens is 2. The summed E-state index contributed by atoms with van der Waals surface area (Å²) >= 11 is 0. The summed E-state index contributed by atoms with van der Waals surface area (Å²) in [5.41, 5.74) is 0.979. The third kappa shape index (κ3) is 3.16. The molecule has 4 nitrogen and oxygen atoms in total. The molecular formula is C13H22N4. The zero-order valence-corrected chi connectivity index (χ0v) is 11.1. The first-order valence-electron chi connectivity index (χ1n) is 6.44. The first-order chi connectivity index (χ1) is 8.16. The average Bonchev–Trinajstić information content (AvgIpc) is 2.55. The molecule has 94 valence electrons. The Kier molecular flexibility index (Phi) is 3.94. The van der Waals surface area contributed by atoms with Crippen LogP contribution in [0, 0.1) is 6.92 Å². The lowest BCUT2D eigenvalue weighted by Crippen LogP contribution is -2.35. The highest BCUT2D eigenvalue weighted by atomic mass is 15.3. The lowest BCUT2D eigenvalue weighted by molar-refractivity contribution is 0.238. The van der Waals surface area contributed by atoms with E-state index in [1.54, 1.807) is 0 Å². The van der Waals surface area contributed by atoms with E-state index in [1.807, 2.05) is 19.3 Å². The van der Waals surface area contributed by atoms with Gasteiger partial charge in [-0.05, 0) is 27.2 Å². The minimum absolute atomic E-state index is 0.638. The summed E-state index contributed by atoms with van der Waals surface area (Å²) in [4.78, 5) is 13.7. The number of aryl methyl sites for hydroxylation is 1. The normalized spacial score (nSPS) is 18.5. The van der Waals surface area contributed by atoms with Crippen LogP contribution in [0.15, 0.2) is 12.4 Å². The highest BCUT2D eigenvalue weighted by Gasteiger charge is 2.17. The van der Waals surface area contributed by atoms with Crippen LogP contribution in [0.3, 0.4) is 0 Å². The predicted molar refractivity (Wildman–Crippen MR) is 70.3 cm³/mol. The highest BCUT2D eigenvalue weighted by molar-refractivity contribution is 5.35. The molecule has 0 bridgehead atoms. The second-order valence-electron chi connectivity index (χ2n) is 4.99. The summed E-state index contributed by atoms with van der Waals surface area (Å²) in [5, 5.41) is 0. The Balaban J connectivity index is 2.01. The van der Waals surface area contributed by atoms with Gasteiger partial charge in [0.25, 0.3) is 0 Å². The highest BCUT2D eigenvalue weighted by Crippen LogP contribution is 2.13. The minimum atomic E-state index is 0.638. The molecule has 0 N–H and O–H groups in total. The Morgan fingerprint density at radius 3 is 2.53 bits per heavy atom. The molecule has 17 heavy (non-hydrogen) atoms. The van der Waals surface area contributed by atoms with Gasteiger partial charge in [-0.25, -0.2) is 4.98 Å². The van der Waals surface area contributed by atoms with Crippen LogP contribution in [0.5, 0.6) is 0 Å². The van der Waals surface area contributed by atoms with Crippen LogP contribution < -0.4 is 4.90 Å². The SMILES string of the molecule is Cc1cnc(N2CCCN(C(C)C)CC2)cn1. The summed E-state index contributed by atoms with van der Waals surface area (Å²) in [7, 11) is 0. The topological polar surface area (TPSA) is 32.3 Å². The van der Waals surface area contributed by atoms with Gasteiger partial charge in [-0.3, -0.25) is 9.88 Å². The van der Waals surface area contributed by atoms with E-state index in [0.717, 1.165) is 31.1 Å². The minimum Gasteiger partial charge on any atom is -0.354 e. The lowest BCUT2D eigenvalue weighted by Gasteiger charge is -2.25. The molecule has 1 saturated heterocycles. The Labute approximate surface area is 104 Å². The summed E-state index contributed by atoms with van der Waals surface area (Å²) in [5.74, 6) is 1.02. The quantitative estimate of drug-likeness (QED) is 0.779. The van der Waals surface area contributed by atoms with Crippen LogP contribution in [0.1, 0.15) is 26.0 Å². The van der Waals surface area contributed by atoms with Crippen molar-refractivity contribution in [3.63, 3.8) is 0 Å². The molecule has 0 aromatic carbocycles. The first kappa shape index (κ1) is 12.3. The molecule has 0 spiro atoms. The third-order valence-electron chi connectivity index (χ3n) is 3.35. The molecule has 0 radical (unpaired) electrons. The summed E-state index contributed by atoms with van der Waals surface area (Å²) in [6, 6.07) is 0.638. The fourth-order valence-electron chi connectivity index (χ4n) is 2.23.